The molecule has 16 heavy (non-hydrogen) atoms. The zero-order valence-electron chi connectivity index (χ0n) is 10.8. The van der Waals surface area contributed by atoms with Crippen LogP contribution in [0.5, 0.6) is 0 Å². The summed E-state index contributed by atoms with van der Waals surface area (Å²) < 4.78 is 0. The number of hydrogen-bond donors (Lipinski definition) is 3. The van der Waals surface area contributed by atoms with Crippen molar-refractivity contribution in [2.75, 3.05) is 6.54 Å². The summed E-state index contributed by atoms with van der Waals surface area (Å²) in [5.41, 5.74) is 4.80. The van der Waals surface area contributed by atoms with Crippen LogP contribution in [0.4, 0.5) is 0 Å². The second kappa shape index (κ2) is 7.63. The van der Waals surface area contributed by atoms with Gasteiger partial charge in [-0.05, 0) is 33.1 Å². The second-order valence-corrected chi connectivity index (χ2v) is 4.89. The van der Waals surface area contributed by atoms with Crippen LogP contribution in [0.15, 0.2) is 0 Å². The average molecular weight is 230 g/mol. The number of amides is 1. The molecule has 0 aliphatic carbocycles. The van der Waals surface area contributed by atoms with Gasteiger partial charge in [-0.2, -0.15) is 0 Å². The first-order valence-corrected chi connectivity index (χ1v) is 6.12. The molecular formula is C12H26N2O2. The lowest BCUT2D eigenvalue weighted by Gasteiger charge is -2.22. The van der Waals surface area contributed by atoms with E-state index in [-0.39, 0.29) is 11.9 Å². The summed E-state index contributed by atoms with van der Waals surface area (Å²) >= 11 is 0. The van der Waals surface area contributed by atoms with Gasteiger partial charge in [-0.15, -0.1) is 0 Å². The third-order valence-electron chi connectivity index (χ3n) is 2.52. The fraction of sp³-hybridized carbons (Fsp3) is 0.917. The van der Waals surface area contributed by atoms with E-state index in [4.69, 9.17) is 5.73 Å². The number of nitrogens with one attached hydrogen (secondary N) is 1. The minimum atomic E-state index is -0.786. The Hall–Kier alpha value is -0.610. The second-order valence-electron chi connectivity index (χ2n) is 4.89. The molecule has 4 N–H and O–H groups in total. The highest BCUT2D eigenvalue weighted by Crippen LogP contribution is 2.10. The monoisotopic (exact) mass is 230 g/mol. The molecular weight excluding hydrogens is 204 g/mol. The number of rotatable bonds is 8. The van der Waals surface area contributed by atoms with Crippen LogP contribution in [-0.4, -0.2) is 29.2 Å². The quantitative estimate of drug-likeness (QED) is 0.586. The van der Waals surface area contributed by atoms with Gasteiger partial charge in [0, 0.05) is 19.0 Å². The molecule has 0 heterocycles. The van der Waals surface area contributed by atoms with Crippen molar-refractivity contribution < 1.29 is 9.90 Å². The van der Waals surface area contributed by atoms with E-state index in [1.807, 2.05) is 13.8 Å². The van der Waals surface area contributed by atoms with Crippen LogP contribution in [0, 0.1) is 0 Å². The third kappa shape index (κ3) is 8.68. The van der Waals surface area contributed by atoms with Crippen LogP contribution in [0.1, 0.15) is 52.9 Å². The van der Waals surface area contributed by atoms with Crippen LogP contribution < -0.4 is 11.1 Å². The van der Waals surface area contributed by atoms with Crippen molar-refractivity contribution in [1.29, 1.82) is 0 Å². The zero-order valence-corrected chi connectivity index (χ0v) is 10.8. The molecule has 1 amide bonds. The van der Waals surface area contributed by atoms with Crippen LogP contribution in [0.25, 0.3) is 0 Å². The predicted molar refractivity (Wildman–Crippen MR) is 66.0 cm³/mol. The molecule has 0 aromatic heterocycles. The molecule has 0 aliphatic heterocycles. The van der Waals surface area contributed by atoms with Crippen LogP contribution >= 0.6 is 0 Å². The van der Waals surface area contributed by atoms with E-state index < -0.39 is 5.60 Å². The summed E-state index contributed by atoms with van der Waals surface area (Å²) in [6, 6.07) is 0.149. The van der Waals surface area contributed by atoms with Gasteiger partial charge in [-0.25, -0.2) is 0 Å². The van der Waals surface area contributed by atoms with Crippen LogP contribution in [0.2, 0.25) is 0 Å². The van der Waals surface area contributed by atoms with Gasteiger partial charge in [-0.3, -0.25) is 4.79 Å². The molecule has 0 aromatic rings. The molecule has 0 saturated carbocycles. The van der Waals surface area contributed by atoms with Gasteiger partial charge < -0.3 is 16.2 Å². The highest BCUT2D eigenvalue weighted by molar-refractivity contribution is 5.75. The lowest BCUT2D eigenvalue weighted by atomic mass is 10.0. The maximum absolute atomic E-state index is 11.4. The lowest BCUT2D eigenvalue weighted by Crippen LogP contribution is -2.40. The number of aliphatic hydroxyl groups is 1. The smallest absolute Gasteiger partial charge is 0.220 e. The van der Waals surface area contributed by atoms with Crippen LogP contribution in [0.3, 0.4) is 0 Å². The molecule has 2 unspecified atom stereocenters. The number of hydrogen-bond acceptors (Lipinski definition) is 3. The van der Waals surface area contributed by atoms with E-state index >= 15 is 0 Å². The maximum atomic E-state index is 11.4. The van der Waals surface area contributed by atoms with E-state index in [0.717, 1.165) is 19.3 Å². The number of carbonyl (C=O) groups is 1. The van der Waals surface area contributed by atoms with Crippen molar-refractivity contribution in [2.45, 2.75) is 64.5 Å². The Bertz CT molecular complexity index is 203. The molecule has 96 valence electrons. The largest absolute Gasteiger partial charge is 0.388 e. The fourth-order valence-corrected chi connectivity index (χ4v) is 1.59. The SMILES string of the molecule is CCCC(C)(O)CNC(=O)CCCC(C)N. The van der Waals surface area contributed by atoms with Gasteiger partial charge in [0.1, 0.15) is 0 Å². The number of nitrogens with two attached hydrogens (primary N) is 1. The lowest BCUT2D eigenvalue weighted by molar-refractivity contribution is -0.122. The molecule has 4 nitrogen and oxygen atoms in total. The van der Waals surface area contributed by atoms with Crippen molar-refractivity contribution >= 4 is 5.91 Å². The summed E-state index contributed by atoms with van der Waals surface area (Å²) in [7, 11) is 0. The highest BCUT2D eigenvalue weighted by atomic mass is 16.3. The summed E-state index contributed by atoms with van der Waals surface area (Å²) in [5.74, 6) is -0.00275. The van der Waals surface area contributed by atoms with Gasteiger partial charge in [0.05, 0.1) is 5.60 Å². The molecule has 0 bridgehead atoms. The van der Waals surface area contributed by atoms with E-state index in [1.54, 1.807) is 6.92 Å². The minimum absolute atomic E-state index is 0.00275. The highest BCUT2D eigenvalue weighted by Gasteiger charge is 2.19. The van der Waals surface area contributed by atoms with E-state index in [0.29, 0.717) is 19.4 Å². The van der Waals surface area contributed by atoms with Crippen molar-refractivity contribution in [2.24, 2.45) is 5.73 Å². The van der Waals surface area contributed by atoms with Crippen molar-refractivity contribution in [1.82, 2.24) is 5.32 Å². The van der Waals surface area contributed by atoms with Crippen molar-refractivity contribution in [3.05, 3.63) is 0 Å². The van der Waals surface area contributed by atoms with E-state index in [1.165, 1.54) is 0 Å². The molecule has 0 fully saturated rings. The molecule has 0 saturated heterocycles. The Kier molecular flexibility index (Phi) is 7.34. The Labute approximate surface area is 98.6 Å². The summed E-state index contributed by atoms with van der Waals surface area (Å²) in [5, 5.41) is 12.6. The van der Waals surface area contributed by atoms with Crippen molar-refractivity contribution in [3.8, 4) is 0 Å². The maximum Gasteiger partial charge on any atom is 0.220 e. The summed E-state index contributed by atoms with van der Waals surface area (Å²) in [4.78, 5) is 11.4. The normalized spacial score (nSPS) is 16.6. The fourth-order valence-electron chi connectivity index (χ4n) is 1.59. The van der Waals surface area contributed by atoms with Gasteiger partial charge in [0.15, 0.2) is 0 Å². The Balaban J connectivity index is 3.64. The molecule has 2 atom stereocenters. The number of carbonyl (C=O) groups excluding carboxylic acids is 1. The van der Waals surface area contributed by atoms with Gasteiger partial charge in [0.25, 0.3) is 0 Å². The van der Waals surface area contributed by atoms with E-state index in [2.05, 4.69) is 5.32 Å². The molecule has 0 spiro atoms. The standard InChI is InChI=1S/C12H26N2O2/c1-4-8-12(3,16)9-14-11(15)7-5-6-10(2)13/h10,16H,4-9,13H2,1-3H3,(H,14,15). The van der Waals surface area contributed by atoms with Gasteiger partial charge >= 0.3 is 0 Å². The van der Waals surface area contributed by atoms with Crippen LogP contribution in [-0.2, 0) is 4.79 Å². The predicted octanol–water partition coefficient (Wildman–Crippen LogP) is 1.17. The van der Waals surface area contributed by atoms with Gasteiger partial charge in [-0.1, -0.05) is 13.3 Å². The topological polar surface area (TPSA) is 75.3 Å². The molecule has 4 heteroatoms. The molecule has 0 aromatic carbocycles. The van der Waals surface area contributed by atoms with E-state index in [9.17, 15) is 9.90 Å². The minimum Gasteiger partial charge on any atom is -0.388 e. The average Bonchev–Trinajstić information content (AvgIpc) is 2.14. The van der Waals surface area contributed by atoms with Crippen molar-refractivity contribution in [3.63, 3.8) is 0 Å². The molecule has 0 rings (SSSR count). The third-order valence-corrected chi connectivity index (χ3v) is 2.52. The van der Waals surface area contributed by atoms with Gasteiger partial charge in [0.2, 0.25) is 5.91 Å². The Morgan fingerprint density at radius 1 is 1.56 bits per heavy atom. The molecule has 0 radical (unpaired) electrons. The summed E-state index contributed by atoms with van der Waals surface area (Å²) in [6.07, 6.45) is 3.77. The summed E-state index contributed by atoms with van der Waals surface area (Å²) in [6.45, 7) is 6.03. The Morgan fingerprint density at radius 2 is 2.19 bits per heavy atom. The Morgan fingerprint density at radius 3 is 2.69 bits per heavy atom. The molecule has 0 aliphatic rings. The first kappa shape index (κ1) is 15.4. The first-order valence-electron chi connectivity index (χ1n) is 6.12. The zero-order chi connectivity index (χ0) is 12.6. The first-order chi connectivity index (χ1) is 7.37.